The van der Waals surface area contributed by atoms with Gasteiger partial charge in [0.2, 0.25) is 0 Å². The lowest BCUT2D eigenvalue weighted by Crippen LogP contribution is -1.99. The summed E-state index contributed by atoms with van der Waals surface area (Å²) in [4.78, 5) is 9.35. The highest BCUT2D eigenvalue weighted by atomic mass is 15.3. The van der Waals surface area contributed by atoms with Gasteiger partial charge in [0.1, 0.15) is 0 Å². The molecule has 5 rings (SSSR count). The summed E-state index contributed by atoms with van der Waals surface area (Å²) in [5, 5.41) is 5.70. The number of benzene rings is 2. The van der Waals surface area contributed by atoms with Gasteiger partial charge in [-0.1, -0.05) is 54.6 Å². The second kappa shape index (κ2) is 7.32. The lowest BCUT2D eigenvalue weighted by atomic mass is 10.00. The summed E-state index contributed by atoms with van der Waals surface area (Å²) in [6.07, 6.45) is 5.82. The summed E-state index contributed by atoms with van der Waals surface area (Å²) in [6.45, 7) is 2.76. The van der Waals surface area contributed by atoms with Gasteiger partial charge in [-0.15, -0.1) is 0 Å². The maximum Gasteiger partial charge on any atom is 0.0785 e. The minimum atomic E-state index is 0.745. The molecule has 0 saturated heterocycles. The van der Waals surface area contributed by atoms with Crippen LogP contribution in [-0.4, -0.2) is 19.7 Å². The molecule has 3 heterocycles. The van der Waals surface area contributed by atoms with Crippen molar-refractivity contribution >= 4 is 10.9 Å². The van der Waals surface area contributed by atoms with Crippen LogP contribution in [0.15, 0.2) is 91.4 Å². The minimum Gasteiger partial charge on any atom is -0.268 e. The Morgan fingerprint density at radius 1 is 0.862 bits per heavy atom. The van der Waals surface area contributed by atoms with Crippen LogP contribution in [0.3, 0.4) is 0 Å². The SMILES string of the molecule is Cc1ccc(-c2cnn(Cc3ccccc3)c2)c(-c2ccc3cccnc3c2)n1. The first-order chi connectivity index (χ1) is 14.3. The monoisotopic (exact) mass is 376 g/mol. The Morgan fingerprint density at radius 2 is 1.76 bits per heavy atom. The third-order valence-corrected chi connectivity index (χ3v) is 5.05. The maximum absolute atomic E-state index is 4.86. The average molecular weight is 376 g/mol. The van der Waals surface area contributed by atoms with Crippen LogP contribution in [0.25, 0.3) is 33.3 Å². The second-order valence-electron chi connectivity index (χ2n) is 7.17. The number of pyridine rings is 2. The van der Waals surface area contributed by atoms with Crippen molar-refractivity contribution in [2.45, 2.75) is 13.5 Å². The van der Waals surface area contributed by atoms with E-state index in [2.05, 4.69) is 70.9 Å². The Morgan fingerprint density at radius 3 is 2.66 bits per heavy atom. The van der Waals surface area contributed by atoms with Crippen LogP contribution in [0, 0.1) is 6.92 Å². The molecule has 0 bridgehead atoms. The topological polar surface area (TPSA) is 43.6 Å². The molecule has 0 spiro atoms. The molecule has 0 N–H and O–H groups in total. The van der Waals surface area contributed by atoms with Crippen molar-refractivity contribution in [3.63, 3.8) is 0 Å². The van der Waals surface area contributed by atoms with E-state index in [1.54, 1.807) is 0 Å². The van der Waals surface area contributed by atoms with Crippen LogP contribution in [0.4, 0.5) is 0 Å². The molecule has 0 saturated carbocycles. The maximum atomic E-state index is 4.86. The van der Waals surface area contributed by atoms with E-state index in [0.717, 1.165) is 45.5 Å². The molecule has 0 fully saturated rings. The number of aromatic nitrogens is 4. The number of hydrogen-bond acceptors (Lipinski definition) is 3. The van der Waals surface area contributed by atoms with Gasteiger partial charge in [-0.25, -0.2) is 0 Å². The molecule has 0 unspecified atom stereocenters. The number of fused-ring (bicyclic) bond motifs is 1. The van der Waals surface area contributed by atoms with Crippen molar-refractivity contribution in [1.29, 1.82) is 0 Å². The van der Waals surface area contributed by atoms with Crippen molar-refractivity contribution in [3.8, 4) is 22.4 Å². The van der Waals surface area contributed by atoms with E-state index in [-0.39, 0.29) is 0 Å². The highest BCUT2D eigenvalue weighted by molar-refractivity contribution is 5.87. The second-order valence-corrected chi connectivity index (χ2v) is 7.17. The number of aryl methyl sites for hydroxylation is 1. The standard InChI is InChI=1S/C25H20N4/c1-18-9-12-23(22-15-27-29(17-22)16-19-6-3-2-4-7-19)25(28-18)21-11-10-20-8-5-13-26-24(20)14-21/h2-15,17H,16H2,1H3. The Bertz CT molecular complexity index is 1290. The first-order valence-corrected chi connectivity index (χ1v) is 9.66. The molecule has 0 aliphatic carbocycles. The first kappa shape index (κ1) is 17.3. The van der Waals surface area contributed by atoms with E-state index in [4.69, 9.17) is 4.98 Å². The first-order valence-electron chi connectivity index (χ1n) is 9.66. The summed E-state index contributed by atoms with van der Waals surface area (Å²) in [6, 6.07) is 24.9. The zero-order valence-electron chi connectivity index (χ0n) is 16.2. The van der Waals surface area contributed by atoms with Crippen molar-refractivity contribution in [2.75, 3.05) is 0 Å². The molecule has 2 aromatic carbocycles. The fourth-order valence-corrected chi connectivity index (χ4v) is 3.58. The van der Waals surface area contributed by atoms with E-state index >= 15 is 0 Å². The molecule has 0 atom stereocenters. The van der Waals surface area contributed by atoms with Crippen LogP contribution in [-0.2, 0) is 6.54 Å². The molecule has 0 aliphatic rings. The highest BCUT2D eigenvalue weighted by Crippen LogP contribution is 2.32. The van der Waals surface area contributed by atoms with Crippen molar-refractivity contribution in [1.82, 2.24) is 19.7 Å². The van der Waals surface area contributed by atoms with E-state index in [9.17, 15) is 0 Å². The lowest BCUT2D eigenvalue weighted by Gasteiger charge is -2.09. The molecular weight excluding hydrogens is 356 g/mol. The molecule has 3 aromatic heterocycles. The van der Waals surface area contributed by atoms with Gasteiger partial charge in [0, 0.05) is 40.2 Å². The Balaban J connectivity index is 1.56. The zero-order valence-corrected chi connectivity index (χ0v) is 16.2. The zero-order chi connectivity index (χ0) is 19.6. The van der Waals surface area contributed by atoms with Crippen LogP contribution < -0.4 is 0 Å². The Hall–Kier alpha value is -3.79. The quantitative estimate of drug-likeness (QED) is 0.415. The minimum absolute atomic E-state index is 0.745. The molecule has 0 aliphatic heterocycles. The van der Waals surface area contributed by atoms with E-state index < -0.39 is 0 Å². The molecule has 140 valence electrons. The van der Waals surface area contributed by atoms with Crippen molar-refractivity contribution < 1.29 is 0 Å². The van der Waals surface area contributed by atoms with Gasteiger partial charge in [-0.2, -0.15) is 5.10 Å². The van der Waals surface area contributed by atoms with E-state index in [1.807, 2.05) is 42.2 Å². The number of hydrogen-bond donors (Lipinski definition) is 0. The highest BCUT2D eigenvalue weighted by Gasteiger charge is 2.12. The normalized spacial score (nSPS) is 11.1. The van der Waals surface area contributed by atoms with Crippen LogP contribution >= 0.6 is 0 Å². The summed E-state index contributed by atoms with van der Waals surface area (Å²) in [5.41, 5.74) is 7.34. The Labute approximate surface area is 169 Å². The van der Waals surface area contributed by atoms with Gasteiger partial charge in [0.15, 0.2) is 0 Å². The predicted octanol–water partition coefficient (Wildman–Crippen LogP) is 5.52. The van der Waals surface area contributed by atoms with Crippen LogP contribution in [0.1, 0.15) is 11.3 Å². The number of rotatable bonds is 4. The third-order valence-electron chi connectivity index (χ3n) is 5.05. The fourth-order valence-electron chi connectivity index (χ4n) is 3.58. The van der Waals surface area contributed by atoms with Crippen LogP contribution in [0.5, 0.6) is 0 Å². The summed E-state index contributed by atoms with van der Waals surface area (Å²) >= 11 is 0. The summed E-state index contributed by atoms with van der Waals surface area (Å²) in [7, 11) is 0. The summed E-state index contributed by atoms with van der Waals surface area (Å²) in [5.74, 6) is 0. The average Bonchev–Trinajstić information content (AvgIpc) is 3.22. The van der Waals surface area contributed by atoms with Gasteiger partial charge in [0.25, 0.3) is 0 Å². The van der Waals surface area contributed by atoms with Gasteiger partial charge < -0.3 is 0 Å². The van der Waals surface area contributed by atoms with Crippen molar-refractivity contribution in [2.24, 2.45) is 0 Å². The Kier molecular flexibility index (Phi) is 4.37. The molecule has 29 heavy (non-hydrogen) atoms. The lowest BCUT2D eigenvalue weighted by molar-refractivity contribution is 0.687. The van der Waals surface area contributed by atoms with Crippen molar-refractivity contribution in [3.05, 3.63) is 103 Å². The fraction of sp³-hybridized carbons (Fsp3) is 0.0800. The molecule has 5 aromatic rings. The molecular formula is C25H20N4. The van der Waals surface area contributed by atoms with Gasteiger partial charge in [-0.05, 0) is 30.7 Å². The molecule has 4 heteroatoms. The summed E-state index contributed by atoms with van der Waals surface area (Å²) < 4.78 is 1.97. The third kappa shape index (κ3) is 3.52. The van der Waals surface area contributed by atoms with Gasteiger partial charge >= 0.3 is 0 Å². The smallest absolute Gasteiger partial charge is 0.0785 e. The molecule has 4 nitrogen and oxygen atoms in total. The number of nitrogens with zero attached hydrogens (tertiary/aromatic N) is 4. The van der Waals surface area contributed by atoms with Gasteiger partial charge in [0.05, 0.1) is 24.0 Å². The molecule has 0 radical (unpaired) electrons. The van der Waals surface area contributed by atoms with Crippen LogP contribution in [0.2, 0.25) is 0 Å². The van der Waals surface area contributed by atoms with Gasteiger partial charge in [-0.3, -0.25) is 14.6 Å². The van der Waals surface area contributed by atoms with E-state index in [1.165, 1.54) is 5.56 Å². The van der Waals surface area contributed by atoms with E-state index in [0.29, 0.717) is 0 Å². The largest absolute Gasteiger partial charge is 0.268 e. The predicted molar refractivity (Wildman–Crippen MR) is 116 cm³/mol. The molecule has 0 amide bonds.